The highest BCUT2D eigenvalue weighted by Gasteiger charge is 2.23. The predicted molar refractivity (Wildman–Crippen MR) is 66.5 cm³/mol. The number of nitrogens with zero attached hydrogens (tertiary/aromatic N) is 2. The van der Waals surface area contributed by atoms with Gasteiger partial charge in [0.1, 0.15) is 0 Å². The third-order valence-electron chi connectivity index (χ3n) is 3.78. The fraction of sp³-hybridized carbons (Fsp3) is 0.769. The first kappa shape index (κ1) is 11.6. The summed E-state index contributed by atoms with van der Waals surface area (Å²) in [5.74, 6) is 0.662. The highest BCUT2D eigenvalue weighted by atomic mass is 15.1. The Balaban J connectivity index is 2.12. The summed E-state index contributed by atoms with van der Waals surface area (Å²) in [5, 5.41) is 3.42. The minimum atomic E-state index is 0.363. The fourth-order valence-corrected chi connectivity index (χ4v) is 2.28. The lowest BCUT2D eigenvalue weighted by Crippen LogP contribution is -2.21. The second-order valence-corrected chi connectivity index (χ2v) is 5.65. The van der Waals surface area contributed by atoms with Crippen LogP contribution in [0.4, 0.5) is 0 Å². The van der Waals surface area contributed by atoms with Crippen molar-refractivity contribution < 1.29 is 0 Å². The van der Waals surface area contributed by atoms with Gasteiger partial charge in [-0.15, -0.1) is 0 Å². The van der Waals surface area contributed by atoms with Crippen molar-refractivity contribution in [2.24, 2.45) is 5.41 Å². The molecule has 0 aliphatic carbocycles. The summed E-state index contributed by atoms with van der Waals surface area (Å²) < 4.78 is 2.35. The van der Waals surface area contributed by atoms with E-state index in [4.69, 9.17) is 0 Å². The molecule has 3 heteroatoms. The van der Waals surface area contributed by atoms with Crippen molar-refractivity contribution in [2.45, 2.75) is 46.1 Å². The fourth-order valence-electron chi connectivity index (χ4n) is 2.28. The lowest BCUT2D eigenvalue weighted by atomic mass is 9.90. The van der Waals surface area contributed by atoms with Crippen molar-refractivity contribution in [3.05, 3.63) is 18.2 Å². The number of hydrogen-bond acceptors (Lipinski definition) is 2. The Labute approximate surface area is 98.3 Å². The highest BCUT2D eigenvalue weighted by Crippen LogP contribution is 2.27. The molecule has 0 amide bonds. The summed E-state index contributed by atoms with van der Waals surface area (Å²) in [5.41, 5.74) is 1.77. The maximum absolute atomic E-state index is 4.32. The van der Waals surface area contributed by atoms with Crippen molar-refractivity contribution in [3.8, 4) is 0 Å². The summed E-state index contributed by atoms with van der Waals surface area (Å²) in [6.45, 7) is 10.2. The number of imidazole rings is 1. The van der Waals surface area contributed by atoms with Crippen molar-refractivity contribution in [1.29, 1.82) is 0 Å². The van der Waals surface area contributed by atoms with E-state index in [1.165, 1.54) is 18.5 Å². The highest BCUT2D eigenvalue weighted by molar-refractivity contribution is 5.09. The van der Waals surface area contributed by atoms with E-state index in [2.05, 4.69) is 35.6 Å². The van der Waals surface area contributed by atoms with Gasteiger partial charge in [0.25, 0.3) is 0 Å². The normalized spacial score (nSPS) is 21.6. The molecule has 16 heavy (non-hydrogen) atoms. The molecule has 1 saturated heterocycles. The van der Waals surface area contributed by atoms with Gasteiger partial charge in [0.05, 0.1) is 6.33 Å². The number of aromatic nitrogens is 2. The van der Waals surface area contributed by atoms with Crippen LogP contribution in [0.15, 0.2) is 12.5 Å². The van der Waals surface area contributed by atoms with E-state index in [-0.39, 0.29) is 0 Å². The van der Waals surface area contributed by atoms with Crippen molar-refractivity contribution in [2.75, 3.05) is 13.1 Å². The summed E-state index contributed by atoms with van der Waals surface area (Å²) in [7, 11) is 0. The van der Waals surface area contributed by atoms with Crippen molar-refractivity contribution >= 4 is 0 Å². The van der Waals surface area contributed by atoms with Crippen LogP contribution in [0.1, 0.15) is 45.2 Å². The molecule has 2 rings (SSSR count). The maximum Gasteiger partial charge on any atom is 0.0948 e. The van der Waals surface area contributed by atoms with E-state index in [1.807, 2.05) is 12.5 Å². The summed E-state index contributed by atoms with van der Waals surface area (Å²) in [6.07, 6.45) is 6.49. The molecule has 0 spiro atoms. The van der Waals surface area contributed by atoms with E-state index in [9.17, 15) is 0 Å². The summed E-state index contributed by atoms with van der Waals surface area (Å²) in [4.78, 5) is 4.32. The molecule has 0 saturated carbocycles. The lowest BCUT2D eigenvalue weighted by Gasteiger charge is -2.25. The smallest absolute Gasteiger partial charge is 0.0948 e. The van der Waals surface area contributed by atoms with Crippen LogP contribution in [0, 0.1) is 5.41 Å². The van der Waals surface area contributed by atoms with Crippen LogP contribution in [0.2, 0.25) is 0 Å². The van der Waals surface area contributed by atoms with Gasteiger partial charge in [-0.1, -0.05) is 20.8 Å². The Morgan fingerprint density at radius 3 is 3.00 bits per heavy atom. The summed E-state index contributed by atoms with van der Waals surface area (Å²) >= 11 is 0. The van der Waals surface area contributed by atoms with E-state index >= 15 is 0 Å². The predicted octanol–water partition coefficient (Wildman–Crippen LogP) is 2.40. The van der Waals surface area contributed by atoms with Gasteiger partial charge >= 0.3 is 0 Å². The zero-order chi connectivity index (χ0) is 11.6. The van der Waals surface area contributed by atoms with E-state index in [0.29, 0.717) is 11.3 Å². The minimum Gasteiger partial charge on any atom is -0.334 e. The third kappa shape index (κ3) is 2.46. The molecule has 1 aromatic heterocycles. The van der Waals surface area contributed by atoms with Gasteiger partial charge in [0.15, 0.2) is 0 Å². The largest absolute Gasteiger partial charge is 0.334 e. The third-order valence-corrected chi connectivity index (χ3v) is 3.78. The van der Waals surface area contributed by atoms with Gasteiger partial charge in [-0.25, -0.2) is 4.98 Å². The van der Waals surface area contributed by atoms with Crippen LogP contribution in [-0.2, 0) is 6.54 Å². The topological polar surface area (TPSA) is 29.9 Å². The maximum atomic E-state index is 4.32. The number of rotatable bonds is 4. The van der Waals surface area contributed by atoms with Crippen molar-refractivity contribution in [3.63, 3.8) is 0 Å². The molecule has 90 valence electrons. The molecule has 1 unspecified atom stereocenters. The van der Waals surface area contributed by atoms with Gasteiger partial charge in [0.2, 0.25) is 0 Å². The summed E-state index contributed by atoms with van der Waals surface area (Å²) in [6, 6.07) is 0. The zero-order valence-corrected chi connectivity index (χ0v) is 10.7. The molecular formula is C13H23N3. The monoisotopic (exact) mass is 221 g/mol. The van der Waals surface area contributed by atoms with Crippen LogP contribution < -0.4 is 5.32 Å². The molecule has 1 atom stereocenters. The molecule has 1 aromatic rings. The average molecular weight is 221 g/mol. The molecule has 1 N–H and O–H groups in total. The Morgan fingerprint density at radius 2 is 2.38 bits per heavy atom. The van der Waals surface area contributed by atoms with E-state index in [0.717, 1.165) is 19.6 Å². The molecule has 1 aliphatic heterocycles. The molecule has 1 aliphatic rings. The number of nitrogens with one attached hydrogen (secondary N) is 1. The second-order valence-electron chi connectivity index (χ2n) is 5.65. The van der Waals surface area contributed by atoms with Gasteiger partial charge < -0.3 is 9.88 Å². The van der Waals surface area contributed by atoms with E-state index in [1.54, 1.807) is 0 Å². The van der Waals surface area contributed by atoms with Crippen LogP contribution in [-0.4, -0.2) is 22.6 Å². The first-order chi connectivity index (χ1) is 7.62. The van der Waals surface area contributed by atoms with Crippen molar-refractivity contribution in [1.82, 2.24) is 14.9 Å². The second kappa shape index (κ2) is 4.58. The first-order valence-corrected chi connectivity index (χ1v) is 6.33. The SMILES string of the molecule is CCC(C)(C)Cn1cncc1C1CCNC1. The molecular weight excluding hydrogens is 198 g/mol. The van der Waals surface area contributed by atoms with Crippen LogP contribution in [0.3, 0.4) is 0 Å². The van der Waals surface area contributed by atoms with Crippen LogP contribution in [0.5, 0.6) is 0 Å². The Bertz CT molecular complexity index is 335. The van der Waals surface area contributed by atoms with Gasteiger partial charge in [0, 0.05) is 30.9 Å². The lowest BCUT2D eigenvalue weighted by molar-refractivity contribution is 0.289. The Morgan fingerprint density at radius 1 is 1.56 bits per heavy atom. The molecule has 2 heterocycles. The van der Waals surface area contributed by atoms with Crippen LogP contribution >= 0.6 is 0 Å². The number of hydrogen-bond donors (Lipinski definition) is 1. The Hall–Kier alpha value is -0.830. The molecule has 0 radical (unpaired) electrons. The quantitative estimate of drug-likeness (QED) is 0.846. The standard InChI is InChI=1S/C13H23N3/c1-4-13(2,3)9-16-10-15-8-12(16)11-5-6-14-7-11/h8,10-11,14H,4-7,9H2,1-3H3. The van der Waals surface area contributed by atoms with Gasteiger partial charge in [-0.3, -0.25) is 0 Å². The minimum absolute atomic E-state index is 0.363. The molecule has 3 nitrogen and oxygen atoms in total. The molecule has 1 fully saturated rings. The zero-order valence-electron chi connectivity index (χ0n) is 10.7. The molecule has 0 bridgehead atoms. The molecule has 0 aromatic carbocycles. The van der Waals surface area contributed by atoms with Gasteiger partial charge in [-0.05, 0) is 24.8 Å². The first-order valence-electron chi connectivity index (χ1n) is 6.33. The average Bonchev–Trinajstić information content (AvgIpc) is 2.86. The van der Waals surface area contributed by atoms with E-state index < -0.39 is 0 Å². The Kier molecular flexibility index (Phi) is 3.33. The van der Waals surface area contributed by atoms with Gasteiger partial charge in [-0.2, -0.15) is 0 Å². The van der Waals surface area contributed by atoms with Crippen LogP contribution in [0.25, 0.3) is 0 Å².